The third-order valence-corrected chi connectivity index (χ3v) is 8.10. The fraction of sp³-hybridized carbons (Fsp3) is 0.400. The van der Waals surface area contributed by atoms with Crippen LogP contribution in [-0.2, 0) is 27.5 Å². The molecule has 3 aliphatic heterocycles. The second-order valence-electron chi connectivity index (χ2n) is 10.3. The fourth-order valence-corrected chi connectivity index (χ4v) is 5.73. The lowest BCUT2D eigenvalue weighted by atomic mass is 9.67. The smallest absolute Gasteiger partial charge is 0.254 e. The van der Waals surface area contributed by atoms with Gasteiger partial charge in [-0.1, -0.05) is 40.7 Å². The molecule has 0 aliphatic carbocycles. The molecule has 3 aliphatic rings. The van der Waals surface area contributed by atoms with Crippen molar-refractivity contribution in [3.05, 3.63) is 46.5 Å². The van der Waals surface area contributed by atoms with Gasteiger partial charge in [0.05, 0.1) is 13.2 Å². The van der Waals surface area contributed by atoms with Crippen LogP contribution < -0.4 is 26.4 Å². The van der Waals surface area contributed by atoms with Gasteiger partial charge in [0.2, 0.25) is 11.8 Å². The van der Waals surface area contributed by atoms with Crippen LogP contribution in [0.5, 0.6) is 5.75 Å². The summed E-state index contributed by atoms with van der Waals surface area (Å²) in [7, 11) is 7.92. The van der Waals surface area contributed by atoms with Gasteiger partial charge in [0, 0.05) is 43.1 Å². The van der Waals surface area contributed by atoms with Gasteiger partial charge in [0.25, 0.3) is 5.91 Å². The van der Waals surface area contributed by atoms with Gasteiger partial charge >= 0.3 is 0 Å². The molecule has 2 fully saturated rings. The first-order valence-corrected chi connectivity index (χ1v) is 13.1. The average molecular weight is 497 g/mol. The molecule has 2 atom stereocenters. The molecule has 0 aromatic heterocycles. The van der Waals surface area contributed by atoms with Crippen molar-refractivity contribution in [2.75, 3.05) is 26.3 Å². The zero-order valence-corrected chi connectivity index (χ0v) is 22.1. The Morgan fingerprint density at radius 1 is 0.973 bits per heavy atom. The number of carbonyl (C=O) groups excluding carboxylic acids is 3. The molecule has 37 heavy (non-hydrogen) atoms. The van der Waals surface area contributed by atoms with E-state index in [9.17, 15) is 14.4 Å². The maximum Gasteiger partial charge on any atom is 0.254 e. The molecule has 0 radical (unpaired) electrons. The summed E-state index contributed by atoms with van der Waals surface area (Å²) in [6, 6.07) is 7.80. The van der Waals surface area contributed by atoms with E-state index in [4.69, 9.17) is 9.47 Å². The van der Waals surface area contributed by atoms with Crippen LogP contribution in [-0.4, -0.2) is 91.3 Å². The number of rotatable bonds is 6. The standard InChI is InChI=1S/C25H31B4N3O5/c26-19-17-18(23(29)32(25(17)35)15-5-6-16(33)30-24(15)34)22(21(28)20(19)27)37-12-14-3-1-13(2-4-14)11-31-7-9-36-10-8-31/h1-4,15,23H,5-12,26-29H2,(H,30,33,34). The minimum absolute atomic E-state index is 0.171. The quantitative estimate of drug-likeness (QED) is 0.322. The molecule has 3 amide bonds. The van der Waals surface area contributed by atoms with E-state index in [1.165, 1.54) is 5.56 Å². The summed E-state index contributed by atoms with van der Waals surface area (Å²) in [5.41, 5.74) is 6.70. The molecule has 0 spiro atoms. The van der Waals surface area contributed by atoms with Crippen LogP contribution in [0.4, 0.5) is 0 Å². The molecule has 188 valence electrons. The highest BCUT2D eigenvalue weighted by atomic mass is 16.5. The molecule has 8 nitrogen and oxygen atoms in total. The van der Waals surface area contributed by atoms with E-state index < -0.39 is 11.9 Å². The van der Waals surface area contributed by atoms with Crippen molar-refractivity contribution in [1.82, 2.24) is 15.1 Å². The van der Waals surface area contributed by atoms with Gasteiger partial charge < -0.3 is 14.4 Å². The lowest BCUT2D eigenvalue weighted by Crippen LogP contribution is -2.53. The van der Waals surface area contributed by atoms with E-state index in [0.717, 1.165) is 60.4 Å². The Labute approximate surface area is 221 Å². The van der Waals surface area contributed by atoms with E-state index >= 15 is 0 Å². The van der Waals surface area contributed by atoms with Crippen molar-refractivity contribution in [3.63, 3.8) is 0 Å². The predicted octanol–water partition coefficient (Wildman–Crippen LogP) is -4.23. The number of hydrogen-bond acceptors (Lipinski definition) is 6. The molecule has 2 aromatic rings. The summed E-state index contributed by atoms with van der Waals surface area (Å²) in [5, 5.41) is 2.39. The molecular formula is C25H31B4N3O5. The number of nitrogens with one attached hydrogen (secondary N) is 1. The number of carbonyl (C=O) groups is 3. The van der Waals surface area contributed by atoms with E-state index in [-0.39, 0.29) is 24.2 Å². The first-order chi connectivity index (χ1) is 17.8. The molecule has 2 aromatic carbocycles. The highest BCUT2D eigenvalue weighted by molar-refractivity contribution is 6.60. The maximum atomic E-state index is 13.6. The van der Waals surface area contributed by atoms with Crippen molar-refractivity contribution < 1.29 is 23.9 Å². The van der Waals surface area contributed by atoms with Crippen molar-refractivity contribution in [2.45, 2.75) is 38.0 Å². The number of hydrogen-bond donors (Lipinski definition) is 1. The molecule has 12 heteroatoms. The summed E-state index contributed by atoms with van der Waals surface area (Å²) in [6.07, 6.45) is 0.559. The van der Waals surface area contributed by atoms with Crippen LogP contribution in [0.1, 0.15) is 45.8 Å². The van der Waals surface area contributed by atoms with Gasteiger partial charge in [0.15, 0.2) is 0 Å². The Hall–Kier alpha value is -2.97. The monoisotopic (exact) mass is 497 g/mol. The molecule has 0 saturated carbocycles. The summed E-state index contributed by atoms with van der Waals surface area (Å²) in [6.45, 7) is 4.77. The second kappa shape index (κ2) is 10.4. The number of imide groups is 1. The Balaban J connectivity index is 1.37. The Morgan fingerprint density at radius 2 is 1.65 bits per heavy atom. The number of piperidine rings is 1. The van der Waals surface area contributed by atoms with E-state index in [2.05, 4.69) is 34.5 Å². The van der Waals surface area contributed by atoms with E-state index in [0.29, 0.717) is 24.3 Å². The SMILES string of the molecule is Bc1c(B)c(OCc2ccc(CN3CCOCC3)cc2)c2c(c1B)C(=O)N(C1CCC(=O)NC1=O)C2B. The van der Waals surface area contributed by atoms with Crippen LogP contribution >= 0.6 is 0 Å². The van der Waals surface area contributed by atoms with E-state index in [1.54, 1.807) is 4.90 Å². The topological polar surface area (TPSA) is 88.2 Å². The fourth-order valence-electron chi connectivity index (χ4n) is 5.73. The van der Waals surface area contributed by atoms with Crippen LogP contribution in [0.2, 0.25) is 0 Å². The van der Waals surface area contributed by atoms with Gasteiger partial charge in [-0.05, 0) is 17.5 Å². The summed E-state index contributed by atoms with van der Waals surface area (Å²) in [5.74, 6) is -0.493. The molecule has 0 bridgehead atoms. The normalized spacial score (nSPS) is 22.2. The van der Waals surface area contributed by atoms with Crippen LogP contribution in [0.15, 0.2) is 24.3 Å². The van der Waals surface area contributed by atoms with Gasteiger partial charge in [-0.25, -0.2) is 0 Å². The zero-order valence-electron chi connectivity index (χ0n) is 22.1. The second-order valence-corrected chi connectivity index (χ2v) is 10.3. The maximum absolute atomic E-state index is 13.6. The first kappa shape index (κ1) is 25.7. The van der Waals surface area contributed by atoms with Crippen molar-refractivity contribution in [2.24, 2.45) is 0 Å². The molecular weight excluding hydrogens is 466 g/mol. The van der Waals surface area contributed by atoms with Crippen LogP contribution in [0.3, 0.4) is 0 Å². The van der Waals surface area contributed by atoms with E-state index in [1.807, 2.05) is 31.4 Å². The Morgan fingerprint density at radius 3 is 2.32 bits per heavy atom. The van der Waals surface area contributed by atoms with Gasteiger partial charge in [-0.3, -0.25) is 24.6 Å². The number of morpholine rings is 1. The van der Waals surface area contributed by atoms with Crippen molar-refractivity contribution in [1.29, 1.82) is 0 Å². The third kappa shape index (κ3) is 4.84. The lowest BCUT2D eigenvalue weighted by Gasteiger charge is -2.33. The Kier molecular flexibility index (Phi) is 7.23. The zero-order chi connectivity index (χ0) is 26.3. The highest BCUT2D eigenvalue weighted by Gasteiger charge is 2.45. The van der Waals surface area contributed by atoms with Crippen LogP contribution in [0.25, 0.3) is 0 Å². The van der Waals surface area contributed by atoms with Gasteiger partial charge in [-0.15, -0.1) is 0 Å². The van der Waals surface area contributed by atoms with Crippen molar-refractivity contribution >= 4 is 65.5 Å². The summed E-state index contributed by atoms with van der Waals surface area (Å²) >= 11 is 0. The van der Waals surface area contributed by atoms with Gasteiger partial charge in [0.1, 0.15) is 49.8 Å². The highest BCUT2D eigenvalue weighted by Crippen LogP contribution is 2.38. The van der Waals surface area contributed by atoms with Gasteiger partial charge in [-0.2, -0.15) is 0 Å². The molecule has 3 heterocycles. The predicted molar refractivity (Wildman–Crippen MR) is 151 cm³/mol. The summed E-state index contributed by atoms with van der Waals surface area (Å²) < 4.78 is 11.9. The molecule has 2 saturated heterocycles. The number of amides is 3. The molecule has 5 rings (SSSR count). The van der Waals surface area contributed by atoms with Crippen molar-refractivity contribution in [3.8, 4) is 5.75 Å². The molecule has 1 N–H and O–H groups in total. The lowest BCUT2D eigenvalue weighted by molar-refractivity contribution is -0.137. The minimum atomic E-state index is -0.667. The molecule has 2 unspecified atom stereocenters. The number of ether oxygens (including phenoxy) is 2. The number of nitrogens with zero attached hydrogens (tertiary/aromatic N) is 2. The minimum Gasteiger partial charge on any atom is -0.489 e. The first-order valence-electron chi connectivity index (χ1n) is 13.1. The summed E-state index contributed by atoms with van der Waals surface area (Å²) in [4.78, 5) is 42.0. The average Bonchev–Trinajstić information content (AvgIpc) is 3.14. The third-order valence-electron chi connectivity index (χ3n) is 8.10. The Bertz CT molecular complexity index is 1250. The largest absolute Gasteiger partial charge is 0.489 e. The van der Waals surface area contributed by atoms with Crippen LogP contribution in [0, 0.1) is 0 Å². The number of benzene rings is 2. The number of fused-ring (bicyclic) bond motifs is 1.